The van der Waals surface area contributed by atoms with Gasteiger partial charge in [0.1, 0.15) is 5.82 Å². The molecule has 1 atom stereocenters. The fraction of sp³-hybridized carbons (Fsp3) is 0.625. The number of likely N-dealkylation sites (tertiary alicyclic amines) is 1. The third-order valence-corrected chi connectivity index (χ3v) is 3.92. The molecule has 0 bridgehead atoms. The molecule has 0 saturated carbocycles. The highest BCUT2D eigenvalue weighted by molar-refractivity contribution is 5.19. The molecule has 106 valence electrons. The van der Waals surface area contributed by atoms with Gasteiger partial charge in [-0.1, -0.05) is 19.1 Å². The molecule has 1 aliphatic heterocycles. The van der Waals surface area contributed by atoms with Crippen molar-refractivity contribution < 1.29 is 4.39 Å². The van der Waals surface area contributed by atoms with Gasteiger partial charge in [-0.3, -0.25) is 0 Å². The van der Waals surface area contributed by atoms with Gasteiger partial charge in [0.25, 0.3) is 0 Å². The summed E-state index contributed by atoms with van der Waals surface area (Å²) in [6.07, 6.45) is 4.95. The van der Waals surface area contributed by atoms with Gasteiger partial charge in [0.05, 0.1) is 0 Å². The third-order valence-electron chi connectivity index (χ3n) is 3.92. The first-order chi connectivity index (χ1) is 9.29. The largest absolute Gasteiger partial charge is 0.310 e. The van der Waals surface area contributed by atoms with E-state index in [4.69, 9.17) is 0 Å². The molecule has 0 aliphatic carbocycles. The fourth-order valence-electron chi connectivity index (χ4n) is 2.78. The van der Waals surface area contributed by atoms with Crippen LogP contribution in [-0.2, 0) is 0 Å². The summed E-state index contributed by atoms with van der Waals surface area (Å²) in [6.45, 7) is 6.95. The van der Waals surface area contributed by atoms with E-state index in [0.29, 0.717) is 6.04 Å². The molecule has 0 amide bonds. The van der Waals surface area contributed by atoms with Crippen molar-refractivity contribution in [3.8, 4) is 0 Å². The lowest BCUT2D eigenvalue weighted by Gasteiger charge is -2.19. The molecule has 1 heterocycles. The summed E-state index contributed by atoms with van der Waals surface area (Å²) in [5.41, 5.74) is 1.19. The minimum absolute atomic E-state index is 0.160. The Hall–Kier alpha value is -0.930. The molecule has 3 heteroatoms. The van der Waals surface area contributed by atoms with Crippen LogP contribution in [0.1, 0.15) is 44.2 Å². The Bertz CT molecular complexity index is 358. The Morgan fingerprint density at radius 3 is 2.53 bits per heavy atom. The van der Waals surface area contributed by atoms with Crippen LogP contribution in [-0.4, -0.2) is 31.1 Å². The van der Waals surface area contributed by atoms with Gasteiger partial charge in [0.2, 0.25) is 0 Å². The van der Waals surface area contributed by atoms with Gasteiger partial charge in [-0.15, -0.1) is 0 Å². The van der Waals surface area contributed by atoms with Crippen molar-refractivity contribution in [3.63, 3.8) is 0 Å². The van der Waals surface area contributed by atoms with E-state index in [0.717, 1.165) is 13.0 Å². The van der Waals surface area contributed by atoms with Crippen LogP contribution in [0.15, 0.2) is 24.3 Å². The summed E-state index contributed by atoms with van der Waals surface area (Å²) in [5, 5.41) is 3.58. The summed E-state index contributed by atoms with van der Waals surface area (Å²) in [7, 11) is 0. The molecule has 0 spiro atoms. The monoisotopic (exact) mass is 264 g/mol. The summed E-state index contributed by atoms with van der Waals surface area (Å²) >= 11 is 0. The van der Waals surface area contributed by atoms with E-state index in [-0.39, 0.29) is 5.82 Å². The number of halogens is 1. The average molecular weight is 264 g/mol. The molecule has 1 aliphatic rings. The molecule has 19 heavy (non-hydrogen) atoms. The average Bonchev–Trinajstić information content (AvgIpc) is 2.93. The van der Waals surface area contributed by atoms with Crippen LogP contribution in [0.3, 0.4) is 0 Å². The Kier molecular flexibility index (Phi) is 5.80. The topological polar surface area (TPSA) is 15.3 Å². The van der Waals surface area contributed by atoms with Crippen LogP contribution in [0.4, 0.5) is 4.39 Å². The highest BCUT2D eigenvalue weighted by Crippen LogP contribution is 2.17. The molecule has 2 nitrogen and oxygen atoms in total. The molecule has 1 aromatic rings. The molecule has 0 aromatic heterocycles. The Morgan fingerprint density at radius 2 is 1.89 bits per heavy atom. The second kappa shape index (κ2) is 7.61. The standard InChI is InChI=1S/C16H25FN2/c1-2-16(14-6-8-15(17)9-7-14)18-10-5-13-19-11-3-4-12-19/h6-9,16,18H,2-5,10-13H2,1H3. The lowest BCUT2D eigenvalue weighted by atomic mass is 10.0. The number of hydrogen-bond acceptors (Lipinski definition) is 2. The predicted octanol–water partition coefficient (Wildman–Crippen LogP) is 3.35. The molecule has 1 unspecified atom stereocenters. The highest BCUT2D eigenvalue weighted by atomic mass is 19.1. The van der Waals surface area contributed by atoms with E-state index in [2.05, 4.69) is 17.1 Å². The maximum atomic E-state index is 12.9. The summed E-state index contributed by atoms with van der Waals surface area (Å²) < 4.78 is 12.9. The van der Waals surface area contributed by atoms with Gasteiger partial charge in [-0.25, -0.2) is 4.39 Å². The lowest BCUT2D eigenvalue weighted by Crippen LogP contribution is -2.27. The third kappa shape index (κ3) is 4.59. The van der Waals surface area contributed by atoms with Gasteiger partial charge in [0.15, 0.2) is 0 Å². The smallest absolute Gasteiger partial charge is 0.123 e. The van der Waals surface area contributed by atoms with Crippen molar-refractivity contribution in [1.29, 1.82) is 0 Å². The van der Waals surface area contributed by atoms with E-state index in [1.807, 2.05) is 12.1 Å². The minimum Gasteiger partial charge on any atom is -0.310 e. The van der Waals surface area contributed by atoms with E-state index < -0.39 is 0 Å². The molecule has 1 N–H and O–H groups in total. The normalized spacial score (nSPS) is 17.8. The first kappa shape index (κ1) is 14.5. The van der Waals surface area contributed by atoms with Crippen LogP contribution in [0.5, 0.6) is 0 Å². The second-order valence-corrected chi connectivity index (χ2v) is 5.37. The zero-order valence-corrected chi connectivity index (χ0v) is 11.9. The second-order valence-electron chi connectivity index (χ2n) is 5.37. The van der Waals surface area contributed by atoms with Crippen LogP contribution >= 0.6 is 0 Å². The summed E-state index contributed by atoms with van der Waals surface area (Å²) in [4.78, 5) is 2.54. The van der Waals surface area contributed by atoms with E-state index in [1.165, 1.54) is 44.5 Å². The lowest BCUT2D eigenvalue weighted by molar-refractivity contribution is 0.327. The van der Waals surface area contributed by atoms with Crippen molar-refractivity contribution in [2.45, 2.75) is 38.6 Å². The van der Waals surface area contributed by atoms with Gasteiger partial charge >= 0.3 is 0 Å². The maximum Gasteiger partial charge on any atom is 0.123 e. The SMILES string of the molecule is CCC(NCCCN1CCCC1)c1ccc(F)cc1. The fourth-order valence-corrected chi connectivity index (χ4v) is 2.78. The van der Waals surface area contributed by atoms with Crippen LogP contribution in [0.2, 0.25) is 0 Å². The maximum absolute atomic E-state index is 12.9. The predicted molar refractivity (Wildman–Crippen MR) is 77.7 cm³/mol. The number of rotatable bonds is 7. The van der Waals surface area contributed by atoms with E-state index >= 15 is 0 Å². The van der Waals surface area contributed by atoms with Crippen molar-refractivity contribution in [2.24, 2.45) is 0 Å². The van der Waals surface area contributed by atoms with E-state index in [1.54, 1.807) is 12.1 Å². The Labute approximate surface area is 116 Å². The van der Waals surface area contributed by atoms with Crippen LogP contribution in [0, 0.1) is 5.82 Å². The van der Waals surface area contributed by atoms with E-state index in [9.17, 15) is 4.39 Å². The van der Waals surface area contributed by atoms with Gasteiger partial charge < -0.3 is 10.2 Å². The highest BCUT2D eigenvalue weighted by Gasteiger charge is 2.11. The number of benzene rings is 1. The quantitative estimate of drug-likeness (QED) is 0.760. The molecule has 2 rings (SSSR count). The number of nitrogens with one attached hydrogen (secondary N) is 1. The van der Waals surface area contributed by atoms with Crippen molar-refractivity contribution in [3.05, 3.63) is 35.6 Å². The molecular formula is C16H25FN2. The number of nitrogens with zero attached hydrogens (tertiary/aromatic N) is 1. The molecular weight excluding hydrogens is 239 g/mol. The minimum atomic E-state index is -0.160. The summed E-state index contributed by atoms with van der Waals surface area (Å²) in [5.74, 6) is -0.160. The van der Waals surface area contributed by atoms with Crippen LogP contribution in [0.25, 0.3) is 0 Å². The first-order valence-electron chi connectivity index (χ1n) is 7.51. The molecule has 1 aromatic carbocycles. The summed E-state index contributed by atoms with van der Waals surface area (Å²) in [6, 6.07) is 7.21. The zero-order chi connectivity index (χ0) is 13.5. The Morgan fingerprint density at radius 1 is 1.21 bits per heavy atom. The number of hydrogen-bond donors (Lipinski definition) is 1. The molecule has 0 radical (unpaired) electrons. The van der Waals surface area contributed by atoms with Crippen LogP contribution < -0.4 is 5.32 Å². The van der Waals surface area contributed by atoms with Gasteiger partial charge in [0, 0.05) is 6.04 Å². The molecule has 1 saturated heterocycles. The Balaban J connectivity index is 1.71. The van der Waals surface area contributed by atoms with Gasteiger partial charge in [-0.05, 0) is 69.6 Å². The first-order valence-corrected chi connectivity index (χ1v) is 7.51. The van der Waals surface area contributed by atoms with Crippen molar-refractivity contribution in [1.82, 2.24) is 10.2 Å². The molecule has 1 fully saturated rings. The van der Waals surface area contributed by atoms with Crippen molar-refractivity contribution in [2.75, 3.05) is 26.2 Å². The zero-order valence-electron chi connectivity index (χ0n) is 11.9. The van der Waals surface area contributed by atoms with Gasteiger partial charge in [-0.2, -0.15) is 0 Å². The van der Waals surface area contributed by atoms with Crippen molar-refractivity contribution >= 4 is 0 Å².